The van der Waals surface area contributed by atoms with Gasteiger partial charge in [0.25, 0.3) is 10.0 Å². The molecule has 6 nitrogen and oxygen atoms in total. The number of hydrogen-bond acceptors (Lipinski definition) is 5. The van der Waals surface area contributed by atoms with Crippen LogP contribution in [0.2, 0.25) is 0 Å². The summed E-state index contributed by atoms with van der Waals surface area (Å²) in [5, 5.41) is -0.271. The Balaban J connectivity index is 1.60. The molecule has 25 heavy (non-hydrogen) atoms. The van der Waals surface area contributed by atoms with Crippen LogP contribution in [0.4, 0.5) is 0 Å². The van der Waals surface area contributed by atoms with Gasteiger partial charge in [0, 0.05) is 6.04 Å². The number of carbonyl (C=O) groups is 1. The third-order valence-corrected chi connectivity index (χ3v) is 5.36. The Morgan fingerprint density at radius 1 is 1.20 bits per heavy atom. The van der Waals surface area contributed by atoms with E-state index in [2.05, 4.69) is 18.6 Å². The highest BCUT2D eigenvalue weighted by molar-refractivity contribution is 7.89. The maximum Gasteiger partial charge on any atom is 0.374 e. The molecule has 3 rings (SSSR count). The average Bonchev–Trinajstić information content (AvgIpc) is 3.22. The summed E-state index contributed by atoms with van der Waals surface area (Å²) in [6.07, 6.45) is 1.65. The number of sulfonamides is 1. The van der Waals surface area contributed by atoms with Crippen molar-refractivity contribution in [2.24, 2.45) is 0 Å². The largest absolute Gasteiger partial charge is 0.455 e. The number of carbonyl (C=O) groups excluding carboxylic acids is 1. The summed E-state index contributed by atoms with van der Waals surface area (Å²) >= 11 is 0. The van der Waals surface area contributed by atoms with Crippen LogP contribution in [-0.4, -0.2) is 20.4 Å². The molecule has 0 atom stereocenters. The van der Waals surface area contributed by atoms with Gasteiger partial charge in [-0.2, -0.15) is 0 Å². The summed E-state index contributed by atoms with van der Waals surface area (Å²) in [5.74, 6) is -0.389. The van der Waals surface area contributed by atoms with E-state index < -0.39 is 16.0 Å². The summed E-state index contributed by atoms with van der Waals surface area (Å²) in [6.45, 7) is 4.31. The quantitative estimate of drug-likeness (QED) is 0.764. The van der Waals surface area contributed by atoms with Crippen LogP contribution < -0.4 is 4.72 Å². The van der Waals surface area contributed by atoms with E-state index in [1.165, 1.54) is 17.7 Å². The molecule has 0 radical (unpaired) electrons. The Labute approximate surface area is 147 Å². The van der Waals surface area contributed by atoms with E-state index in [0.717, 1.165) is 18.4 Å². The molecule has 0 aliphatic heterocycles. The number of ether oxygens (including phenoxy) is 1. The Bertz CT molecular complexity index is 848. The van der Waals surface area contributed by atoms with Gasteiger partial charge < -0.3 is 9.15 Å². The van der Waals surface area contributed by atoms with Crippen molar-refractivity contribution in [2.45, 2.75) is 50.3 Å². The van der Waals surface area contributed by atoms with Crippen molar-refractivity contribution in [3.63, 3.8) is 0 Å². The molecule has 1 saturated carbocycles. The molecule has 0 unspecified atom stereocenters. The molecular weight excluding hydrogens is 342 g/mol. The van der Waals surface area contributed by atoms with Gasteiger partial charge >= 0.3 is 5.97 Å². The molecule has 1 heterocycles. The molecule has 1 fully saturated rings. The minimum absolute atomic E-state index is 0.0284. The molecular formula is C18H21NO5S. The lowest BCUT2D eigenvalue weighted by atomic mass is 10.0. The predicted octanol–water partition coefficient (Wildman–Crippen LogP) is 3.20. The molecule has 0 amide bonds. The van der Waals surface area contributed by atoms with Gasteiger partial charge in [-0.1, -0.05) is 38.1 Å². The topological polar surface area (TPSA) is 85.6 Å². The van der Waals surface area contributed by atoms with E-state index in [-0.39, 0.29) is 23.5 Å². The molecule has 1 N–H and O–H groups in total. The van der Waals surface area contributed by atoms with Crippen molar-refractivity contribution < 1.29 is 22.4 Å². The van der Waals surface area contributed by atoms with Gasteiger partial charge in [0.05, 0.1) is 0 Å². The maximum absolute atomic E-state index is 12.0. The number of furan rings is 1. The van der Waals surface area contributed by atoms with E-state index >= 15 is 0 Å². The fourth-order valence-electron chi connectivity index (χ4n) is 2.27. The number of benzene rings is 1. The normalized spacial score (nSPS) is 14.7. The van der Waals surface area contributed by atoms with Gasteiger partial charge in [-0.3, -0.25) is 0 Å². The zero-order chi connectivity index (χ0) is 18.0. The zero-order valence-corrected chi connectivity index (χ0v) is 15.0. The fourth-order valence-corrected chi connectivity index (χ4v) is 3.51. The molecule has 1 aliphatic rings. The van der Waals surface area contributed by atoms with Gasteiger partial charge in [0.1, 0.15) is 6.61 Å². The summed E-state index contributed by atoms with van der Waals surface area (Å²) < 4.78 is 36.9. The van der Waals surface area contributed by atoms with E-state index in [9.17, 15) is 13.2 Å². The lowest BCUT2D eigenvalue weighted by molar-refractivity contribution is 0.0430. The first-order valence-electron chi connectivity index (χ1n) is 8.23. The average molecular weight is 363 g/mol. The van der Waals surface area contributed by atoms with E-state index in [4.69, 9.17) is 9.15 Å². The van der Waals surface area contributed by atoms with Crippen molar-refractivity contribution in [1.29, 1.82) is 0 Å². The minimum atomic E-state index is -3.71. The number of rotatable bonds is 7. The Kier molecular flexibility index (Phi) is 4.96. The SMILES string of the molecule is CC(C)c1ccc(COC(=O)c2ccc(S(=O)(=O)NC3CC3)o2)cc1. The Morgan fingerprint density at radius 2 is 1.88 bits per heavy atom. The predicted molar refractivity (Wildman–Crippen MR) is 91.7 cm³/mol. The van der Waals surface area contributed by atoms with Crippen molar-refractivity contribution >= 4 is 16.0 Å². The Hall–Kier alpha value is -2.12. The molecule has 0 bridgehead atoms. The summed E-state index contributed by atoms with van der Waals surface area (Å²) in [6, 6.07) is 10.3. The third kappa shape index (κ3) is 4.49. The van der Waals surface area contributed by atoms with E-state index in [0.29, 0.717) is 5.92 Å². The second-order valence-corrected chi connectivity index (χ2v) is 8.13. The van der Waals surface area contributed by atoms with Crippen LogP contribution in [0.1, 0.15) is 54.3 Å². The van der Waals surface area contributed by atoms with Crippen molar-refractivity contribution in [3.05, 3.63) is 53.3 Å². The van der Waals surface area contributed by atoms with Gasteiger partial charge in [-0.15, -0.1) is 0 Å². The summed E-state index contributed by atoms with van der Waals surface area (Å²) in [4.78, 5) is 12.0. The molecule has 1 aromatic heterocycles. The third-order valence-electron chi connectivity index (χ3n) is 3.96. The zero-order valence-electron chi connectivity index (χ0n) is 14.2. The smallest absolute Gasteiger partial charge is 0.374 e. The number of esters is 1. The first kappa shape index (κ1) is 17.7. The highest BCUT2D eigenvalue weighted by Crippen LogP contribution is 2.23. The van der Waals surface area contributed by atoms with E-state index in [1.807, 2.05) is 24.3 Å². The van der Waals surface area contributed by atoms with Crippen LogP contribution in [0.25, 0.3) is 0 Å². The van der Waals surface area contributed by atoms with Crippen LogP contribution in [0.15, 0.2) is 45.9 Å². The molecule has 1 aliphatic carbocycles. The van der Waals surface area contributed by atoms with Crippen LogP contribution in [0.3, 0.4) is 0 Å². The standard InChI is InChI=1S/C18H21NO5S/c1-12(2)14-5-3-13(4-6-14)11-23-18(20)16-9-10-17(24-16)25(21,22)19-15-7-8-15/h3-6,9-10,12,15,19H,7-8,11H2,1-2H3. The van der Waals surface area contributed by atoms with Crippen molar-refractivity contribution in [3.8, 4) is 0 Å². The van der Waals surface area contributed by atoms with Crippen LogP contribution in [-0.2, 0) is 21.4 Å². The molecule has 0 spiro atoms. The van der Waals surface area contributed by atoms with Gasteiger partial charge in [0.15, 0.2) is 0 Å². The lowest BCUT2D eigenvalue weighted by Crippen LogP contribution is -2.25. The Morgan fingerprint density at radius 3 is 2.48 bits per heavy atom. The van der Waals surface area contributed by atoms with Crippen LogP contribution >= 0.6 is 0 Å². The van der Waals surface area contributed by atoms with Crippen molar-refractivity contribution in [1.82, 2.24) is 4.72 Å². The minimum Gasteiger partial charge on any atom is -0.455 e. The first-order chi connectivity index (χ1) is 11.8. The summed E-state index contributed by atoms with van der Waals surface area (Å²) in [7, 11) is -3.71. The number of nitrogens with one attached hydrogen (secondary N) is 1. The van der Waals surface area contributed by atoms with Gasteiger partial charge in [-0.05, 0) is 42.0 Å². The van der Waals surface area contributed by atoms with Crippen LogP contribution in [0.5, 0.6) is 0 Å². The molecule has 0 saturated heterocycles. The second-order valence-electron chi connectivity index (χ2n) is 6.49. The van der Waals surface area contributed by atoms with Gasteiger partial charge in [0.2, 0.25) is 10.9 Å². The van der Waals surface area contributed by atoms with Gasteiger partial charge in [-0.25, -0.2) is 17.9 Å². The monoisotopic (exact) mass is 363 g/mol. The molecule has 2 aromatic rings. The maximum atomic E-state index is 12.0. The van der Waals surface area contributed by atoms with Crippen LogP contribution in [0, 0.1) is 0 Å². The fraction of sp³-hybridized carbons (Fsp3) is 0.389. The van der Waals surface area contributed by atoms with E-state index in [1.54, 1.807) is 0 Å². The summed E-state index contributed by atoms with van der Waals surface area (Å²) in [5.41, 5.74) is 2.06. The highest BCUT2D eigenvalue weighted by Gasteiger charge is 2.30. The first-order valence-corrected chi connectivity index (χ1v) is 9.71. The molecule has 7 heteroatoms. The van der Waals surface area contributed by atoms with Crippen molar-refractivity contribution in [2.75, 3.05) is 0 Å². The molecule has 1 aromatic carbocycles. The highest BCUT2D eigenvalue weighted by atomic mass is 32.2. The number of hydrogen-bond donors (Lipinski definition) is 1. The molecule has 134 valence electrons. The lowest BCUT2D eigenvalue weighted by Gasteiger charge is -2.07. The second kappa shape index (κ2) is 7.01.